The molecule has 1 aromatic rings. The van der Waals surface area contributed by atoms with Crippen molar-refractivity contribution in [1.29, 1.82) is 0 Å². The third-order valence-corrected chi connectivity index (χ3v) is 2.02. The lowest BCUT2D eigenvalue weighted by molar-refractivity contribution is 1.14. The van der Waals surface area contributed by atoms with E-state index in [4.69, 9.17) is 23.2 Å². The van der Waals surface area contributed by atoms with Crippen LogP contribution in [-0.2, 0) is 6.42 Å². The van der Waals surface area contributed by atoms with Crippen LogP contribution in [0, 0.1) is 6.07 Å². The van der Waals surface area contributed by atoms with Crippen molar-refractivity contribution in [2.45, 2.75) is 13.3 Å². The van der Waals surface area contributed by atoms with Crippen molar-refractivity contribution in [1.82, 2.24) is 0 Å². The fourth-order valence-electron chi connectivity index (χ4n) is 0.697. The number of benzene rings is 1. The van der Waals surface area contributed by atoms with Crippen LogP contribution in [0.5, 0.6) is 0 Å². The summed E-state index contributed by atoms with van der Waals surface area (Å²) in [6.45, 7) is 2.06. The molecule has 2 heteroatoms. The van der Waals surface area contributed by atoms with Crippen LogP contribution in [0.15, 0.2) is 12.1 Å². The molecule has 0 aromatic heterocycles. The molecule has 0 atom stereocenters. The lowest BCUT2D eigenvalue weighted by Gasteiger charge is -1.97. The predicted octanol–water partition coefficient (Wildman–Crippen LogP) is 3.36. The van der Waals surface area contributed by atoms with E-state index < -0.39 is 0 Å². The van der Waals surface area contributed by atoms with Gasteiger partial charge in [-0.3, -0.25) is 0 Å². The molecule has 0 saturated carbocycles. The van der Waals surface area contributed by atoms with Gasteiger partial charge in [-0.25, -0.2) is 0 Å². The average Bonchev–Trinajstić information content (AvgIpc) is 1.95. The first kappa shape index (κ1) is 7.90. The molecule has 0 heterocycles. The molecule has 0 amide bonds. The first-order chi connectivity index (χ1) is 4.74. The Morgan fingerprint density at radius 3 is 2.70 bits per heavy atom. The zero-order valence-corrected chi connectivity index (χ0v) is 7.13. The molecule has 0 unspecified atom stereocenters. The van der Waals surface area contributed by atoms with E-state index in [2.05, 4.69) is 13.0 Å². The second kappa shape index (κ2) is 3.27. The van der Waals surface area contributed by atoms with Gasteiger partial charge in [0.2, 0.25) is 0 Å². The largest absolute Gasteiger partial charge is 0.0827 e. The van der Waals surface area contributed by atoms with Gasteiger partial charge in [0.15, 0.2) is 0 Å². The normalized spacial score (nSPS) is 9.90. The number of hydrogen-bond acceptors (Lipinski definition) is 0. The SMILES string of the molecule is CCc1c[c]c(Cl)c(Cl)c1. The minimum absolute atomic E-state index is 0.499. The Morgan fingerprint density at radius 2 is 2.20 bits per heavy atom. The van der Waals surface area contributed by atoms with Gasteiger partial charge < -0.3 is 0 Å². The van der Waals surface area contributed by atoms with Gasteiger partial charge in [-0.15, -0.1) is 0 Å². The van der Waals surface area contributed by atoms with Gasteiger partial charge in [0.05, 0.1) is 10.0 Å². The second-order valence-electron chi connectivity index (χ2n) is 2.02. The zero-order valence-electron chi connectivity index (χ0n) is 5.62. The summed E-state index contributed by atoms with van der Waals surface area (Å²) in [6.07, 6.45) is 0.966. The molecule has 1 rings (SSSR count). The van der Waals surface area contributed by atoms with E-state index in [1.807, 2.05) is 12.1 Å². The van der Waals surface area contributed by atoms with Crippen LogP contribution in [0.3, 0.4) is 0 Å². The quantitative estimate of drug-likeness (QED) is 0.612. The van der Waals surface area contributed by atoms with Gasteiger partial charge in [0, 0.05) is 6.07 Å². The fourth-order valence-corrected chi connectivity index (χ4v) is 1.00. The van der Waals surface area contributed by atoms with E-state index in [9.17, 15) is 0 Å². The van der Waals surface area contributed by atoms with E-state index in [1.165, 1.54) is 0 Å². The highest BCUT2D eigenvalue weighted by Crippen LogP contribution is 2.21. The Bertz CT molecular complexity index is 231. The summed E-state index contributed by atoms with van der Waals surface area (Å²) in [5, 5.41) is 1.08. The van der Waals surface area contributed by atoms with Crippen LogP contribution >= 0.6 is 23.2 Å². The molecule has 10 heavy (non-hydrogen) atoms. The molecular formula is C8H7Cl2. The van der Waals surface area contributed by atoms with Crippen molar-refractivity contribution < 1.29 is 0 Å². The molecule has 1 radical (unpaired) electrons. The topological polar surface area (TPSA) is 0 Å². The summed E-state index contributed by atoms with van der Waals surface area (Å²) >= 11 is 11.4. The van der Waals surface area contributed by atoms with Crippen molar-refractivity contribution >= 4 is 23.2 Å². The van der Waals surface area contributed by atoms with Crippen LogP contribution in [0.4, 0.5) is 0 Å². The molecule has 0 bridgehead atoms. The second-order valence-corrected chi connectivity index (χ2v) is 2.81. The summed E-state index contributed by atoms with van der Waals surface area (Å²) < 4.78 is 0. The molecule has 1 aromatic carbocycles. The fraction of sp³-hybridized carbons (Fsp3) is 0.250. The Kier molecular flexibility index (Phi) is 2.58. The molecule has 0 saturated heterocycles. The van der Waals surface area contributed by atoms with Gasteiger partial charge in [-0.1, -0.05) is 30.1 Å². The Balaban J connectivity index is 3.04. The number of rotatable bonds is 1. The van der Waals surface area contributed by atoms with Gasteiger partial charge in [0.1, 0.15) is 0 Å². The van der Waals surface area contributed by atoms with Gasteiger partial charge in [-0.05, 0) is 24.1 Å². The van der Waals surface area contributed by atoms with Crippen molar-refractivity contribution in [2.75, 3.05) is 0 Å². The molecule has 53 valence electrons. The number of halogens is 2. The van der Waals surface area contributed by atoms with Crippen LogP contribution in [-0.4, -0.2) is 0 Å². The number of aryl methyl sites for hydroxylation is 1. The third-order valence-electron chi connectivity index (χ3n) is 1.31. The Morgan fingerprint density at radius 1 is 1.50 bits per heavy atom. The standard InChI is InChI=1S/C8H7Cl2/c1-2-6-3-4-7(9)8(10)5-6/h3,5H,2H2,1H3. The highest BCUT2D eigenvalue weighted by molar-refractivity contribution is 6.41. The maximum absolute atomic E-state index is 5.73. The lowest BCUT2D eigenvalue weighted by Crippen LogP contribution is -1.78. The van der Waals surface area contributed by atoms with Crippen LogP contribution in [0.25, 0.3) is 0 Å². The van der Waals surface area contributed by atoms with Gasteiger partial charge in [0.25, 0.3) is 0 Å². The van der Waals surface area contributed by atoms with Gasteiger partial charge >= 0.3 is 0 Å². The summed E-state index contributed by atoms with van der Waals surface area (Å²) in [6, 6.07) is 6.57. The third kappa shape index (κ3) is 1.65. The highest BCUT2D eigenvalue weighted by Gasteiger charge is 1.96. The summed E-state index contributed by atoms with van der Waals surface area (Å²) in [5.74, 6) is 0. The summed E-state index contributed by atoms with van der Waals surface area (Å²) in [5.41, 5.74) is 1.16. The molecule has 0 fully saturated rings. The maximum Gasteiger partial charge on any atom is 0.0671 e. The Labute approximate surface area is 70.8 Å². The van der Waals surface area contributed by atoms with E-state index in [-0.39, 0.29) is 0 Å². The molecule has 0 spiro atoms. The van der Waals surface area contributed by atoms with Crippen LogP contribution < -0.4 is 0 Å². The molecule has 0 N–H and O–H groups in total. The van der Waals surface area contributed by atoms with E-state index in [0.29, 0.717) is 10.0 Å². The maximum atomic E-state index is 5.73. The summed E-state index contributed by atoms with van der Waals surface area (Å²) in [4.78, 5) is 0. The van der Waals surface area contributed by atoms with Crippen LogP contribution in [0.2, 0.25) is 10.0 Å². The van der Waals surface area contributed by atoms with Gasteiger partial charge in [-0.2, -0.15) is 0 Å². The van der Waals surface area contributed by atoms with E-state index in [1.54, 1.807) is 0 Å². The highest BCUT2D eigenvalue weighted by atomic mass is 35.5. The molecule has 0 nitrogen and oxygen atoms in total. The molecule has 0 aliphatic heterocycles. The first-order valence-corrected chi connectivity index (χ1v) is 3.85. The van der Waals surface area contributed by atoms with Crippen molar-refractivity contribution in [3.63, 3.8) is 0 Å². The average molecular weight is 174 g/mol. The predicted molar refractivity (Wildman–Crippen MR) is 44.7 cm³/mol. The van der Waals surface area contributed by atoms with E-state index >= 15 is 0 Å². The lowest BCUT2D eigenvalue weighted by atomic mass is 10.2. The molecule has 0 aliphatic rings. The monoisotopic (exact) mass is 173 g/mol. The first-order valence-electron chi connectivity index (χ1n) is 3.09. The van der Waals surface area contributed by atoms with Crippen molar-refractivity contribution in [3.05, 3.63) is 33.8 Å². The smallest absolute Gasteiger partial charge is 0.0671 e. The minimum atomic E-state index is 0.499. The molecular weight excluding hydrogens is 167 g/mol. The van der Waals surface area contributed by atoms with Crippen molar-refractivity contribution in [2.24, 2.45) is 0 Å². The zero-order chi connectivity index (χ0) is 7.56. The van der Waals surface area contributed by atoms with E-state index in [0.717, 1.165) is 12.0 Å². The van der Waals surface area contributed by atoms with Crippen molar-refractivity contribution in [3.8, 4) is 0 Å². The summed E-state index contributed by atoms with van der Waals surface area (Å²) in [7, 11) is 0. The molecule has 0 aliphatic carbocycles. The minimum Gasteiger partial charge on any atom is -0.0827 e. The number of hydrogen-bond donors (Lipinski definition) is 0. The Hall–Kier alpha value is -0.200. The van der Waals surface area contributed by atoms with Crippen LogP contribution in [0.1, 0.15) is 12.5 Å².